The quantitative estimate of drug-likeness (QED) is 0.780. The van der Waals surface area contributed by atoms with Gasteiger partial charge in [0.15, 0.2) is 0 Å². The van der Waals surface area contributed by atoms with E-state index in [1.165, 1.54) is 0 Å². The minimum Gasteiger partial charge on any atom is -0.481 e. The van der Waals surface area contributed by atoms with Crippen LogP contribution in [0.4, 0.5) is 0 Å². The number of hydrogen-bond acceptors (Lipinski definition) is 2. The zero-order valence-corrected chi connectivity index (χ0v) is 13.4. The number of carboxylic acid groups (broad SMARTS) is 1. The van der Waals surface area contributed by atoms with Gasteiger partial charge >= 0.3 is 5.97 Å². The summed E-state index contributed by atoms with van der Waals surface area (Å²) in [5.41, 5.74) is -0.528. The molecule has 0 radical (unpaired) electrons. The fourth-order valence-electron chi connectivity index (χ4n) is 4.02. The molecule has 21 heavy (non-hydrogen) atoms. The van der Waals surface area contributed by atoms with Gasteiger partial charge in [0, 0.05) is 12.5 Å². The topological polar surface area (TPSA) is 66.4 Å². The summed E-state index contributed by atoms with van der Waals surface area (Å²) in [7, 11) is 0. The van der Waals surface area contributed by atoms with Gasteiger partial charge < -0.3 is 10.4 Å². The van der Waals surface area contributed by atoms with E-state index in [0.717, 1.165) is 44.9 Å². The summed E-state index contributed by atoms with van der Waals surface area (Å²) >= 11 is 0. The van der Waals surface area contributed by atoms with Gasteiger partial charge in [-0.1, -0.05) is 39.5 Å². The van der Waals surface area contributed by atoms with Gasteiger partial charge in [0.05, 0.1) is 5.41 Å². The Kier molecular flexibility index (Phi) is 4.95. The van der Waals surface area contributed by atoms with Crippen molar-refractivity contribution in [1.82, 2.24) is 5.32 Å². The van der Waals surface area contributed by atoms with Crippen LogP contribution in [0.5, 0.6) is 0 Å². The van der Waals surface area contributed by atoms with E-state index >= 15 is 0 Å². The lowest BCUT2D eigenvalue weighted by Gasteiger charge is -2.28. The molecule has 0 aromatic heterocycles. The van der Waals surface area contributed by atoms with E-state index in [1.807, 2.05) is 0 Å². The maximum Gasteiger partial charge on any atom is 0.310 e. The lowest BCUT2D eigenvalue weighted by Crippen LogP contribution is -2.40. The Balaban J connectivity index is 1.94. The smallest absolute Gasteiger partial charge is 0.310 e. The summed E-state index contributed by atoms with van der Waals surface area (Å²) in [5, 5.41) is 12.7. The molecule has 0 aromatic carbocycles. The van der Waals surface area contributed by atoms with Gasteiger partial charge in [-0.25, -0.2) is 0 Å². The maximum atomic E-state index is 12.3. The lowest BCUT2D eigenvalue weighted by atomic mass is 9.77. The minimum atomic E-state index is -0.825. The second kappa shape index (κ2) is 6.37. The number of rotatable bonds is 4. The van der Waals surface area contributed by atoms with E-state index in [1.54, 1.807) is 0 Å². The summed E-state index contributed by atoms with van der Waals surface area (Å²) in [4.78, 5) is 24.1. The monoisotopic (exact) mass is 295 g/mol. The molecule has 2 saturated carbocycles. The summed E-state index contributed by atoms with van der Waals surface area (Å²) in [5.74, 6) is -0.853. The number of carboxylic acids is 1. The maximum absolute atomic E-state index is 12.3. The Morgan fingerprint density at radius 3 is 2.19 bits per heavy atom. The third kappa shape index (κ3) is 4.21. The number of carbonyl (C=O) groups is 2. The highest BCUT2D eigenvalue weighted by atomic mass is 16.4. The minimum absolute atomic E-state index is 0.0676. The average molecular weight is 295 g/mol. The van der Waals surface area contributed by atoms with Gasteiger partial charge in [-0.3, -0.25) is 9.59 Å². The first-order valence-electron chi connectivity index (χ1n) is 8.36. The first-order valence-corrected chi connectivity index (χ1v) is 8.36. The van der Waals surface area contributed by atoms with Gasteiger partial charge in [0.2, 0.25) is 5.91 Å². The molecule has 2 rings (SSSR count). The van der Waals surface area contributed by atoms with Crippen LogP contribution in [0.3, 0.4) is 0 Å². The van der Waals surface area contributed by atoms with Crippen LogP contribution in [0.25, 0.3) is 0 Å². The lowest BCUT2D eigenvalue weighted by molar-refractivity contribution is -0.153. The third-order valence-corrected chi connectivity index (χ3v) is 5.35. The molecule has 0 saturated heterocycles. The molecule has 2 fully saturated rings. The third-order valence-electron chi connectivity index (χ3n) is 5.35. The fraction of sp³-hybridized carbons (Fsp3) is 0.882. The highest BCUT2D eigenvalue weighted by Crippen LogP contribution is 2.40. The molecule has 4 heteroatoms. The molecule has 1 amide bonds. The van der Waals surface area contributed by atoms with Crippen LogP contribution in [0.15, 0.2) is 0 Å². The molecule has 0 aliphatic heterocycles. The molecule has 0 spiro atoms. The Labute approximate surface area is 127 Å². The predicted molar refractivity (Wildman–Crippen MR) is 82.0 cm³/mol. The van der Waals surface area contributed by atoms with E-state index in [2.05, 4.69) is 19.2 Å². The number of hydrogen-bond donors (Lipinski definition) is 2. The molecular weight excluding hydrogens is 266 g/mol. The second-order valence-corrected chi connectivity index (χ2v) is 7.85. The molecule has 2 N–H and O–H groups in total. The van der Waals surface area contributed by atoms with Gasteiger partial charge in [0.25, 0.3) is 0 Å². The van der Waals surface area contributed by atoms with E-state index < -0.39 is 11.4 Å². The van der Waals surface area contributed by atoms with Crippen molar-refractivity contribution in [2.24, 2.45) is 10.8 Å². The predicted octanol–water partition coefficient (Wildman–Crippen LogP) is 3.50. The summed E-state index contributed by atoms with van der Waals surface area (Å²) < 4.78 is 0. The van der Waals surface area contributed by atoms with Crippen LogP contribution in [0, 0.1) is 10.8 Å². The molecular formula is C17H29NO3. The molecule has 1 atom stereocenters. The Morgan fingerprint density at radius 1 is 1.10 bits per heavy atom. The van der Waals surface area contributed by atoms with Gasteiger partial charge in [0.1, 0.15) is 0 Å². The van der Waals surface area contributed by atoms with Crippen LogP contribution in [-0.2, 0) is 9.59 Å². The van der Waals surface area contributed by atoms with Crippen molar-refractivity contribution in [3.8, 4) is 0 Å². The zero-order valence-electron chi connectivity index (χ0n) is 13.4. The fourth-order valence-corrected chi connectivity index (χ4v) is 4.02. The average Bonchev–Trinajstić information content (AvgIpc) is 2.61. The van der Waals surface area contributed by atoms with Crippen LogP contribution < -0.4 is 5.32 Å². The first-order chi connectivity index (χ1) is 9.83. The van der Waals surface area contributed by atoms with Crippen molar-refractivity contribution in [2.75, 3.05) is 0 Å². The van der Waals surface area contributed by atoms with Crippen molar-refractivity contribution in [2.45, 2.75) is 84.1 Å². The zero-order chi connectivity index (χ0) is 15.5. The van der Waals surface area contributed by atoms with Crippen LogP contribution in [-0.4, -0.2) is 23.0 Å². The standard InChI is InChI=1S/C17H29NO3/c1-16(2)10-7-13(11-16)18-14(19)12-17(15(20)21)8-5-3-4-6-9-17/h13H,3-12H2,1-2H3,(H,18,19)(H,20,21). The Morgan fingerprint density at radius 2 is 1.71 bits per heavy atom. The summed E-state index contributed by atoms with van der Waals surface area (Å²) in [6, 6.07) is 0.226. The molecule has 0 bridgehead atoms. The highest BCUT2D eigenvalue weighted by molar-refractivity contribution is 5.85. The molecule has 120 valence electrons. The summed E-state index contributed by atoms with van der Waals surface area (Å²) in [6.45, 7) is 4.45. The molecule has 0 aromatic rings. The van der Waals surface area contributed by atoms with Gasteiger partial charge in [-0.15, -0.1) is 0 Å². The van der Waals surface area contributed by atoms with E-state index in [0.29, 0.717) is 18.3 Å². The number of nitrogens with one attached hydrogen (secondary N) is 1. The van der Waals surface area contributed by atoms with E-state index in [9.17, 15) is 14.7 Å². The van der Waals surface area contributed by atoms with Crippen molar-refractivity contribution in [1.29, 1.82) is 0 Å². The second-order valence-electron chi connectivity index (χ2n) is 7.85. The van der Waals surface area contributed by atoms with Crippen molar-refractivity contribution >= 4 is 11.9 Å². The number of carbonyl (C=O) groups excluding carboxylic acids is 1. The van der Waals surface area contributed by atoms with Crippen LogP contribution in [0.2, 0.25) is 0 Å². The van der Waals surface area contributed by atoms with Crippen molar-refractivity contribution < 1.29 is 14.7 Å². The SMILES string of the molecule is CC1(C)CCC(NC(=O)CC2(C(=O)O)CCCCCC2)C1. The van der Waals surface area contributed by atoms with E-state index in [4.69, 9.17) is 0 Å². The molecule has 2 aliphatic rings. The molecule has 1 unspecified atom stereocenters. The molecule has 2 aliphatic carbocycles. The van der Waals surface area contributed by atoms with E-state index in [-0.39, 0.29) is 18.4 Å². The Hall–Kier alpha value is -1.06. The van der Waals surface area contributed by atoms with Crippen molar-refractivity contribution in [3.05, 3.63) is 0 Å². The number of aliphatic carboxylic acids is 1. The largest absolute Gasteiger partial charge is 0.481 e. The van der Waals surface area contributed by atoms with Crippen molar-refractivity contribution in [3.63, 3.8) is 0 Å². The van der Waals surface area contributed by atoms with Crippen LogP contribution in [0.1, 0.15) is 78.1 Å². The summed E-state index contributed by atoms with van der Waals surface area (Å²) in [6.07, 6.45) is 8.61. The highest BCUT2D eigenvalue weighted by Gasteiger charge is 2.41. The van der Waals surface area contributed by atoms with Gasteiger partial charge in [-0.05, 0) is 37.5 Å². The van der Waals surface area contributed by atoms with Gasteiger partial charge in [-0.2, -0.15) is 0 Å². The molecule has 4 nitrogen and oxygen atoms in total. The normalized spacial score (nSPS) is 27.8. The molecule has 0 heterocycles. The Bertz CT molecular complexity index is 395. The van der Waals surface area contributed by atoms with Crippen LogP contribution >= 0.6 is 0 Å². The first kappa shape index (κ1) is 16.3. The number of amides is 1.